The molecule has 10 heteroatoms. The minimum Gasteiger partial charge on any atom is -0.394 e. The second kappa shape index (κ2) is 13.8. The SMILES string of the molecule is C=CCN(C)C(=O)[C@H]1[C@@H]2SC3(CC2Br)C(C(=O)N(CC=C)c2ccc(N(CC)CC)cc2)N([C@@H](CO)[C@@H](C)CC)C(=O)[C@H]13. The first-order chi connectivity index (χ1) is 20.6. The summed E-state index contributed by atoms with van der Waals surface area (Å²) in [4.78, 5) is 50.7. The summed E-state index contributed by atoms with van der Waals surface area (Å²) in [7, 11) is 1.74. The maximum atomic E-state index is 15.0. The van der Waals surface area contributed by atoms with Gasteiger partial charge in [0.05, 0.1) is 29.2 Å². The molecule has 3 saturated heterocycles. The van der Waals surface area contributed by atoms with Crippen molar-refractivity contribution in [1.29, 1.82) is 0 Å². The van der Waals surface area contributed by atoms with Crippen LogP contribution < -0.4 is 9.80 Å². The van der Waals surface area contributed by atoms with Crippen molar-refractivity contribution in [2.75, 3.05) is 49.6 Å². The van der Waals surface area contributed by atoms with Gasteiger partial charge in [-0.3, -0.25) is 14.4 Å². The number of halogens is 1. The van der Waals surface area contributed by atoms with Crippen LogP contribution in [0.25, 0.3) is 0 Å². The number of likely N-dealkylation sites (N-methyl/N-ethyl adjacent to an activating group) is 1. The van der Waals surface area contributed by atoms with Gasteiger partial charge in [-0.05, 0) is 50.5 Å². The van der Waals surface area contributed by atoms with Crippen LogP contribution in [-0.2, 0) is 14.4 Å². The van der Waals surface area contributed by atoms with E-state index in [-0.39, 0.29) is 46.9 Å². The predicted octanol–water partition coefficient (Wildman–Crippen LogP) is 4.57. The number of carbonyl (C=O) groups is 3. The van der Waals surface area contributed by atoms with Gasteiger partial charge in [0.2, 0.25) is 11.8 Å². The number of anilines is 2. The smallest absolute Gasteiger partial charge is 0.251 e. The Balaban J connectivity index is 1.83. The lowest BCUT2D eigenvalue weighted by atomic mass is 9.70. The molecule has 0 saturated carbocycles. The third-order valence-corrected chi connectivity index (χ3v) is 13.0. The van der Waals surface area contributed by atoms with Gasteiger partial charge in [0, 0.05) is 54.7 Å². The van der Waals surface area contributed by atoms with Gasteiger partial charge in [0.15, 0.2) is 0 Å². The Bertz CT molecular complexity index is 1210. The molecule has 3 aliphatic rings. The summed E-state index contributed by atoms with van der Waals surface area (Å²) >= 11 is 5.47. The average molecular weight is 676 g/mol. The Kier molecular flexibility index (Phi) is 10.8. The van der Waals surface area contributed by atoms with Crippen molar-refractivity contribution in [2.45, 2.75) is 67.4 Å². The number of aliphatic hydroxyl groups is 1. The average Bonchev–Trinajstić information content (AvgIpc) is 3.60. The molecule has 4 rings (SSSR count). The summed E-state index contributed by atoms with van der Waals surface area (Å²) in [5, 5.41) is 10.5. The van der Waals surface area contributed by atoms with Gasteiger partial charge < -0.3 is 24.7 Å². The van der Waals surface area contributed by atoms with Crippen LogP contribution in [0.4, 0.5) is 11.4 Å². The molecular formula is C33H47BrN4O4S. The second-order valence-corrected chi connectivity index (χ2v) is 14.7. The van der Waals surface area contributed by atoms with E-state index >= 15 is 0 Å². The third-order valence-electron chi connectivity index (χ3n) is 9.74. The van der Waals surface area contributed by atoms with Gasteiger partial charge in [0.1, 0.15) is 6.04 Å². The fourth-order valence-electron chi connectivity index (χ4n) is 7.37. The number of likely N-dealkylation sites (tertiary alicyclic amines) is 1. The fraction of sp³-hybridized carbons (Fsp3) is 0.606. The quantitative estimate of drug-likeness (QED) is 0.230. The number of thioether (sulfide) groups is 1. The van der Waals surface area contributed by atoms with Crippen LogP contribution in [-0.4, -0.2) is 99.4 Å². The van der Waals surface area contributed by atoms with Crippen LogP contribution in [0.5, 0.6) is 0 Å². The number of hydrogen-bond donors (Lipinski definition) is 1. The Morgan fingerprint density at radius 1 is 1.12 bits per heavy atom. The topological polar surface area (TPSA) is 84.4 Å². The summed E-state index contributed by atoms with van der Waals surface area (Å²) in [5.41, 5.74) is 1.80. The zero-order valence-electron chi connectivity index (χ0n) is 26.1. The summed E-state index contributed by atoms with van der Waals surface area (Å²) in [6.45, 7) is 18.1. The number of aliphatic hydroxyl groups excluding tert-OH is 1. The highest BCUT2D eigenvalue weighted by Crippen LogP contribution is 2.68. The van der Waals surface area contributed by atoms with E-state index in [1.54, 1.807) is 45.7 Å². The van der Waals surface area contributed by atoms with E-state index in [4.69, 9.17) is 0 Å². The van der Waals surface area contributed by atoms with Crippen molar-refractivity contribution >= 4 is 56.8 Å². The molecule has 1 spiro atoms. The fourth-order valence-corrected chi connectivity index (χ4v) is 11.0. The zero-order valence-corrected chi connectivity index (χ0v) is 28.5. The lowest BCUT2D eigenvalue weighted by molar-refractivity contribution is -0.145. The molecule has 236 valence electrons. The number of hydrogen-bond acceptors (Lipinski definition) is 6. The summed E-state index contributed by atoms with van der Waals surface area (Å²) < 4.78 is -0.802. The normalized spacial score (nSPS) is 28.8. The molecule has 3 unspecified atom stereocenters. The minimum atomic E-state index is -0.837. The highest BCUT2D eigenvalue weighted by Gasteiger charge is 2.76. The number of rotatable bonds is 14. The van der Waals surface area contributed by atoms with Crippen LogP contribution in [0.15, 0.2) is 49.6 Å². The Morgan fingerprint density at radius 2 is 1.72 bits per heavy atom. The summed E-state index contributed by atoms with van der Waals surface area (Å²) in [5.74, 6) is -1.77. The largest absolute Gasteiger partial charge is 0.394 e. The lowest BCUT2D eigenvalue weighted by Crippen LogP contribution is -2.59. The van der Waals surface area contributed by atoms with Gasteiger partial charge in [-0.2, -0.15) is 0 Å². The van der Waals surface area contributed by atoms with Gasteiger partial charge in [-0.15, -0.1) is 24.9 Å². The van der Waals surface area contributed by atoms with Gasteiger partial charge >= 0.3 is 0 Å². The highest BCUT2D eigenvalue weighted by atomic mass is 79.9. The van der Waals surface area contributed by atoms with Crippen molar-refractivity contribution in [2.24, 2.45) is 17.8 Å². The molecule has 8 nitrogen and oxygen atoms in total. The van der Waals surface area contributed by atoms with Crippen molar-refractivity contribution in [1.82, 2.24) is 9.80 Å². The monoisotopic (exact) mass is 674 g/mol. The van der Waals surface area contributed by atoms with Crippen LogP contribution >= 0.6 is 27.7 Å². The van der Waals surface area contributed by atoms with Crippen molar-refractivity contribution < 1.29 is 19.5 Å². The molecule has 8 atom stereocenters. The van der Waals surface area contributed by atoms with Gasteiger partial charge in [-0.1, -0.05) is 48.4 Å². The lowest BCUT2D eigenvalue weighted by Gasteiger charge is -2.41. The molecule has 3 amide bonds. The minimum absolute atomic E-state index is 0.0275. The molecule has 1 N–H and O–H groups in total. The molecule has 2 bridgehead atoms. The van der Waals surface area contributed by atoms with Crippen LogP contribution in [0.3, 0.4) is 0 Å². The molecule has 3 heterocycles. The van der Waals surface area contributed by atoms with E-state index in [0.717, 1.165) is 30.9 Å². The maximum absolute atomic E-state index is 15.0. The molecule has 1 aromatic rings. The molecule has 3 aliphatic heterocycles. The molecule has 43 heavy (non-hydrogen) atoms. The standard InChI is InChI=1S/C33H47BrN4O4S/c1-8-17-35(7)30(40)26-27-31(41)38(25(20-39)21(6)10-3)29(33(27)19-24(34)28(26)43-33)32(42)37(18-9-2)23-15-13-22(14-16-23)36(11-4)12-5/h8-9,13-16,21,24-29,39H,1-2,10-12,17-20H2,3-7H3/t21-,24?,25-,26+,27-,28+,29?,33?/m0/s1. The number of nitrogens with zero attached hydrogens (tertiary/aromatic N) is 4. The van der Waals surface area contributed by atoms with E-state index in [1.165, 1.54) is 0 Å². The Hall–Kier alpha value is -2.30. The predicted molar refractivity (Wildman–Crippen MR) is 180 cm³/mol. The zero-order chi connectivity index (χ0) is 31.6. The Morgan fingerprint density at radius 3 is 2.26 bits per heavy atom. The van der Waals surface area contributed by atoms with E-state index in [9.17, 15) is 19.5 Å². The van der Waals surface area contributed by atoms with Gasteiger partial charge in [0.25, 0.3) is 5.91 Å². The van der Waals surface area contributed by atoms with Crippen molar-refractivity contribution in [3.8, 4) is 0 Å². The molecule has 1 aromatic carbocycles. The first-order valence-electron chi connectivity index (χ1n) is 15.4. The first kappa shape index (κ1) is 33.6. The van der Waals surface area contributed by atoms with Crippen LogP contribution in [0.2, 0.25) is 0 Å². The van der Waals surface area contributed by atoms with Crippen molar-refractivity contribution in [3.05, 3.63) is 49.6 Å². The van der Waals surface area contributed by atoms with E-state index < -0.39 is 28.7 Å². The molecule has 0 aromatic heterocycles. The molecule has 0 radical (unpaired) electrons. The number of amides is 3. The van der Waals surface area contributed by atoms with E-state index in [0.29, 0.717) is 13.0 Å². The third kappa shape index (κ3) is 5.68. The number of alkyl halides is 1. The molecular weight excluding hydrogens is 628 g/mol. The number of fused-ring (bicyclic) bond motifs is 1. The first-order valence-corrected chi connectivity index (χ1v) is 17.2. The highest BCUT2D eigenvalue weighted by molar-refractivity contribution is 9.09. The number of carbonyl (C=O) groups excluding carboxylic acids is 3. The Labute approximate surface area is 269 Å². The second-order valence-electron chi connectivity index (χ2n) is 12.0. The van der Waals surface area contributed by atoms with Crippen molar-refractivity contribution in [3.63, 3.8) is 0 Å². The van der Waals surface area contributed by atoms with Crippen LogP contribution in [0, 0.1) is 17.8 Å². The van der Waals surface area contributed by atoms with Gasteiger partial charge in [-0.25, -0.2) is 0 Å². The molecule has 3 fully saturated rings. The maximum Gasteiger partial charge on any atom is 0.251 e. The van der Waals surface area contributed by atoms with E-state index in [2.05, 4.69) is 47.8 Å². The summed E-state index contributed by atoms with van der Waals surface area (Å²) in [6, 6.07) is 6.57. The van der Waals surface area contributed by atoms with E-state index in [1.807, 2.05) is 38.1 Å². The van der Waals surface area contributed by atoms with Crippen LogP contribution in [0.1, 0.15) is 40.5 Å². The molecule has 0 aliphatic carbocycles. The summed E-state index contributed by atoms with van der Waals surface area (Å²) in [6.07, 6.45) is 4.70. The number of benzene rings is 1.